The van der Waals surface area contributed by atoms with Gasteiger partial charge in [0.2, 0.25) is 5.91 Å². The van der Waals surface area contributed by atoms with Crippen LogP contribution in [0.1, 0.15) is 52.0 Å². The highest BCUT2D eigenvalue weighted by Crippen LogP contribution is 2.28. The van der Waals surface area contributed by atoms with E-state index in [1.165, 1.54) is 0 Å². The maximum absolute atomic E-state index is 12.6. The number of benzene rings is 1. The second-order valence-corrected chi connectivity index (χ2v) is 6.14. The lowest BCUT2D eigenvalue weighted by molar-refractivity contribution is -0.149. The average Bonchev–Trinajstić information content (AvgIpc) is 2.49. The Kier molecular flexibility index (Phi) is 6.60. The van der Waals surface area contributed by atoms with Crippen LogP contribution in [0, 0.1) is 11.3 Å². The van der Waals surface area contributed by atoms with Gasteiger partial charge in [-0.3, -0.25) is 9.59 Å². The van der Waals surface area contributed by atoms with Gasteiger partial charge in [0.05, 0.1) is 11.3 Å². The van der Waals surface area contributed by atoms with E-state index in [2.05, 4.69) is 5.32 Å². The second kappa shape index (κ2) is 7.97. The molecule has 0 aliphatic carbocycles. The quantitative estimate of drug-likeness (QED) is 0.773. The van der Waals surface area contributed by atoms with Gasteiger partial charge in [0.25, 0.3) is 0 Å². The molecular formula is C18H27NO3. The number of carboxylic acids is 1. The zero-order valence-electron chi connectivity index (χ0n) is 13.9. The van der Waals surface area contributed by atoms with Crippen LogP contribution in [0.3, 0.4) is 0 Å². The first-order chi connectivity index (χ1) is 10.4. The molecule has 0 saturated carbocycles. The van der Waals surface area contributed by atoms with E-state index in [0.717, 1.165) is 5.56 Å². The first-order valence-electron chi connectivity index (χ1n) is 7.94. The molecule has 1 atom stereocenters. The van der Waals surface area contributed by atoms with Gasteiger partial charge in [0.15, 0.2) is 0 Å². The molecule has 0 radical (unpaired) electrons. The molecular weight excluding hydrogens is 278 g/mol. The predicted molar refractivity (Wildman–Crippen MR) is 87.7 cm³/mol. The molecule has 0 spiro atoms. The van der Waals surface area contributed by atoms with E-state index in [1.807, 2.05) is 58.0 Å². The van der Waals surface area contributed by atoms with Crippen LogP contribution in [-0.2, 0) is 9.59 Å². The minimum absolute atomic E-state index is 0.103. The summed E-state index contributed by atoms with van der Waals surface area (Å²) in [6.07, 6.45) is 0.994. The standard InChI is InChI=1S/C18H27NO3/c1-5-18(6-2,17(21)22)12-19-16(20)15(13(3)4)14-10-8-7-9-11-14/h7-11,13,15H,5-6,12H2,1-4H3,(H,19,20)(H,21,22). The molecule has 4 nitrogen and oxygen atoms in total. The van der Waals surface area contributed by atoms with Crippen molar-refractivity contribution in [3.63, 3.8) is 0 Å². The van der Waals surface area contributed by atoms with Crippen molar-refractivity contribution in [2.45, 2.75) is 46.5 Å². The van der Waals surface area contributed by atoms with Crippen molar-refractivity contribution >= 4 is 11.9 Å². The number of nitrogens with one attached hydrogen (secondary N) is 1. The van der Waals surface area contributed by atoms with Gasteiger partial charge in [0, 0.05) is 6.54 Å². The van der Waals surface area contributed by atoms with Crippen molar-refractivity contribution in [1.82, 2.24) is 5.32 Å². The number of aliphatic carboxylic acids is 1. The Morgan fingerprint density at radius 2 is 1.68 bits per heavy atom. The van der Waals surface area contributed by atoms with Crippen molar-refractivity contribution in [2.75, 3.05) is 6.54 Å². The summed E-state index contributed by atoms with van der Waals surface area (Å²) in [5, 5.41) is 12.3. The van der Waals surface area contributed by atoms with Crippen LogP contribution < -0.4 is 5.32 Å². The monoisotopic (exact) mass is 305 g/mol. The third kappa shape index (κ3) is 4.09. The molecule has 22 heavy (non-hydrogen) atoms. The fourth-order valence-corrected chi connectivity index (χ4v) is 2.74. The Labute approximate surface area is 132 Å². The highest BCUT2D eigenvalue weighted by molar-refractivity contribution is 5.85. The zero-order valence-corrected chi connectivity index (χ0v) is 13.9. The molecule has 1 aromatic carbocycles. The Morgan fingerprint density at radius 3 is 2.09 bits per heavy atom. The highest BCUT2D eigenvalue weighted by Gasteiger charge is 2.36. The molecule has 0 aliphatic rings. The summed E-state index contributed by atoms with van der Waals surface area (Å²) in [5.41, 5.74) is 0.0809. The van der Waals surface area contributed by atoms with Crippen LogP contribution >= 0.6 is 0 Å². The number of rotatable bonds is 8. The van der Waals surface area contributed by atoms with Crippen molar-refractivity contribution in [2.24, 2.45) is 11.3 Å². The normalized spacial score (nSPS) is 13.0. The molecule has 1 rings (SSSR count). The lowest BCUT2D eigenvalue weighted by Crippen LogP contribution is -2.44. The van der Waals surface area contributed by atoms with Gasteiger partial charge in [-0.2, -0.15) is 0 Å². The molecule has 122 valence electrons. The van der Waals surface area contributed by atoms with Crippen LogP contribution in [0.25, 0.3) is 0 Å². The maximum atomic E-state index is 12.6. The number of carbonyl (C=O) groups is 2. The molecule has 0 aromatic heterocycles. The largest absolute Gasteiger partial charge is 0.481 e. The van der Waals surface area contributed by atoms with E-state index in [9.17, 15) is 14.7 Å². The van der Waals surface area contributed by atoms with E-state index in [-0.39, 0.29) is 24.3 Å². The molecule has 1 unspecified atom stereocenters. The Bertz CT molecular complexity index is 492. The van der Waals surface area contributed by atoms with Gasteiger partial charge in [-0.1, -0.05) is 58.0 Å². The number of carbonyl (C=O) groups excluding carboxylic acids is 1. The summed E-state index contributed by atoms with van der Waals surface area (Å²) in [7, 11) is 0. The molecule has 0 bridgehead atoms. The van der Waals surface area contributed by atoms with E-state index < -0.39 is 11.4 Å². The number of hydrogen-bond donors (Lipinski definition) is 2. The minimum Gasteiger partial charge on any atom is -0.481 e. The van der Waals surface area contributed by atoms with Crippen molar-refractivity contribution in [1.29, 1.82) is 0 Å². The highest BCUT2D eigenvalue weighted by atomic mass is 16.4. The van der Waals surface area contributed by atoms with Gasteiger partial charge in [-0.15, -0.1) is 0 Å². The number of carboxylic acid groups (broad SMARTS) is 1. The van der Waals surface area contributed by atoms with Crippen LogP contribution in [0.2, 0.25) is 0 Å². The Hall–Kier alpha value is -1.84. The molecule has 1 aromatic rings. The first-order valence-corrected chi connectivity index (χ1v) is 7.94. The van der Waals surface area contributed by atoms with Gasteiger partial charge < -0.3 is 10.4 Å². The summed E-state index contributed by atoms with van der Waals surface area (Å²) in [4.78, 5) is 24.1. The van der Waals surface area contributed by atoms with Crippen molar-refractivity contribution in [3.8, 4) is 0 Å². The number of hydrogen-bond acceptors (Lipinski definition) is 2. The van der Waals surface area contributed by atoms with Crippen LogP contribution in [-0.4, -0.2) is 23.5 Å². The van der Waals surface area contributed by atoms with E-state index in [0.29, 0.717) is 12.8 Å². The molecule has 0 aliphatic heterocycles. The third-order valence-corrected chi connectivity index (χ3v) is 4.52. The topological polar surface area (TPSA) is 66.4 Å². The second-order valence-electron chi connectivity index (χ2n) is 6.14. The molecule has 0 saturated heterocycles. The summed E-state index contributed by atoms with van der Waals surface area (Å²) in [5.74, 6) is -1.07. The molecule has 1 amide bonds. The summed E-state index contributed by atoms with van der Waals surface area (Å²) in [6, 6.07) is 9.63. The van der Waals surface area contributed by atoms with Crippen molar-refractivity contribution < 1.29 is 14.7 Å². The average molecular weight is 305 g/mol. The molecule has 4 heteroatoms. The first kappa shape index (κ1) is 18.2. The fraction of sp³-hybridized carbons (Fsp3) is 0.556. The lowest BCUT2D eigenvalue weighted by atomic mass is 9.81. The van der Waals surface area contributed by atoms with Crippen LogP contribution in [0.4, 0.5) is 0 Å². The van der Waals surface area contributed by atoms with Gasteiger partial charge in [-0.25, -0.2) is 0 Å². The van der Waals surface area contributed by atoms with Gasteiger partial charge >= 0.3 is 5.97 Å². The maximum Gasteiger partial charge on any atom is 0.311 e. The van der Waals surface area contributed by atoms with E-state index >= 15 is 0 Å². The predicted octanol–water partition coefficient (Wildman–Crippen LogP) is 3.43. The van der Waals surface area contributed by atoms with Crippen LogP contribution in [0.5, 0.6) is 0 Å². The third-order valence-electron chi connectivity index (χ3n) is 4.52. The molecule has 2 N–H and O–H groups in total. The van der Waals surface area contributed by atoms with Gasteiger partial charge in [-0.05, 0) is 24.3 Å². The summed E-state index contributed by atoms with van der Waals surface area (Å²) in [6.45, 7) is 7.87. The Balaban J connectivity index is 2.87. The molecule has 0 heterocycles. The van der Waals surface area contributed by atoms with Crippen LogP contribution in [0.15, 0.2) is 30.3 Å². The Morgan fingerprint density at radius 1 is 1.14 bits per heavy atom. The zero-order chi connectivity index (χ0) is 16.8. The fourth-order valence-electron chi connectivity index (χ4n) is 2.74. The number of amides is 1. The summed E-state index contributed by atoms with van der Waals surface area (Å²) >= 11 is 0. The minimum atomic E-state index is -0.881. The van der Waals surface area contributed by atoms with Crippen molar-refractivity contribution in [3.05, 3.63) is 35.9 Å². The van der Waals surface area contributed by atoms with E-state index in [1.54, 1.807) is 0 Å². The van der Waals surface area contributed by atoms with Gasteiger partial charge in [0.1, 0.15) is 0 Å². The SMILES string of the molecule is CCC(CC)(CNC(=O)C(c1ccccc1)C(C)C)C(=O)O. The van der Waals surface area contributed by atoms with E-state index in [4.69, 9.17) is 0 Å². The smallest absolute Gasteiger partial charge is 0.311 e. The summed E-state index contributed by atoms with van der Waals surface area (Å²) < 4.78 is 0. The lowest BCUT2D eigenvalue weighted by Gasteiger charge is -2.29. The molecule has 0 fully saturated rings.